The molecule has 2 N–H and O–H groups in total. The number of nitrogens with zero attached hydrogens (tertiary/aromatic N) is 5. The molecule has 2 aliphatic heterocycles. The molecule has 8 nitrogen and oxygen atoms in total. The molecule has 0 bridgehead atoms. The topological polar surface area (TPSA) is 90.4 Å². The van der Waals surface area contributed by atoms with Crippen LogP contribution in [0.3, 0.4) is 0 Å². The van der Waals surface area contributed by atoms with Crippen LogP contribution in [0.15, 0.2) is 48.9 Å². The quantitative estimate of drug-likeness (QED) is 0.390. The van der Waals surface area contributed by atoms with Gasteiger partial charge in [-0.2, -0.15) is 5.10 Å². The summed E-state index contributed by atoms with van der Waals surface area (Å²) in [6.07, 6.45) is 5.25. The number of pyridine rings is 2. The molecule has 186 valence electrons. The van der Waals surface area contributed by atoms with Gasteiger partial charge in [0.2, 0.25) is 0 Å². The van der Waals surface area contributed by atoms with Gasteiger partial charge in [0.15, 0.2) is 0 Å². The summed E-state index contributed by atoms with van der Waals surface area (Å²) < 4.78 is 6.19. The van der Waals surface area contributed by atoms with Crippen LogP contribution >= 0.6 is 23.2 Å². The lowest BCUT2D eigenvalue weighted by Crippen LogP contribution is -2.50. The fourth-order valence-corrected chi connectivity index (χ4v) is 5.97. The Kier molecular flexibility index (Phi) is 6.21. The summed E-state index contributed by atoms with van der Waals surface area (Å²) in [5.41, 5.74) is 3.34. The van der Waals surface area contributed by atoms with Crippen molar-refractivity contribution >= 4 is 39.9 Å². The second-order valence-electron chi connectivity index (χ2n) is 9.45. The van der Waals surface area contributed by atoms with E-state index in [0.29, 0.717) is 27.4 Å². The van der Waals surface area contributed by atoms with Crippen molar-refractivity contribution in [1.82, 2.24) is 25.1 Å². The number of hydrogen-bond acceptors (Lipinski definition) is 7. The largest absolute Gasteiger partial charge is 0.486 e. The number of hydrogen-bond donors (Lipinski definition) is 2. The van der Waals surface area contributed by atoms with Crippen molar-refractivity contribution in [3.63, 3.8) is 0 Å². The highest BCUT2D eigenvalue weighted by molar-refractivity contribution is 6.35. The molecule has 2 saturated heterocycles. The van der Waals surface area contributed by atoms with Crippen LogP contribution < -0.4 is 9.64 Å². The fourth-order valence-electron chi connectivity index (χ4n) is 5.30. The highest BCUT2D eigenvalue weighted by atomic mass is 35.5. The number of aliphatic hydroxyl groups is 1. The molecular formula is C26H26Cl2N6O2. The fraction of sp³-hybridized carbons (Fsp3) is 0.346. The molecule has 3 aromatic heterocycles. The van der Waals surface area contributed by atoms with E-state index in [1.807, 2.05) is 37.4 Å². The van der Waals surface area contributed by atoms with E-state index in [9.17, 15) is 5.11 Å². The minimum Gasteiger partial charge on any atom is -0.486 e. The molecule has 2 aliphatic rings. The predicted octanol–water partition coefficient (Wildman–Crippen LogP) is 4.72. The summed E-state index contributed by atoms with van der Waals surface area (Å²) in [5, 5.41) is 19.5. The van der Waals surface area contributed by atoms with Crippen LogP contribution in [-0.4, -0.2) is 68.5 Å². The highest BCUT2D eigenvalue weighted by Crippen LogP contribution is 2.35. The van der Waals surface area contributed by atoms with Gasteiger partial charge in [0.25, 0.3) is 0 Å². The lowest BCUT2D eigenvalue weighted by molar-refractivity contribution is 0.173. The van der Waals surface area contributed by atoms with Crippen molar-refractivity contribution < 1.29 is 9.84 Å². The number of anilines is 1. The van der Waals surface area contributed by atoms with Crippen LogP contribution in [-0.2, 0) is 0 Å². The monoisotopic (exact) mass is 524 g/mol. The normalized spacial score (nSPS) is 21.1. The molecule has 2 fully saturated rings. The number of nitrogens with one attached hydrogen (secondary N) is 1. The Hall–Kier alpha value is -2.91. The number of aromatic amines is 1. The zero-order valence-electron chi connectivity index (χ0n) is 19.7. The van der Waals surface area contributed by atoms with E-state index in [1.54, 1.807) is 12.4 Å². The van der Waals surface area contributed by atoms with E-state index < -0.39 is 0 Å². The Morgan fingerprint density at radius 1 is 1.08 bits per heavy atom. The third-order valence-corrected chi connectivity index (χ3v) is 7.69. The second kappa shape index (κ2) is 9.52. The molecule has 3 atom stereocenters. The second-order valence-corrected chi connectivity index (χ2v) is 10.3. The van der Waals surface area contributed by atoms with Gasteiger partial charge in [0, 0.05) is 67.3 Å². The van der Waals surface area contributed by atoms with E-state index in [1.165, 1.54) is 0 Å². The van der Waals surface area contributed by atoms with Crippen LogP contribution in [0.1, 0.15) is 25.0 Å². The Morgan fingerprint density at radius 3 is 2.69 bits per heavy atom. The Morgan fingerprint density at radius 2 is 1.92 bits per heavy atom. The molecule has 5 heterocycles. The van der Waals surface area contributed by atoms with Gasteiger partial charge in [-0.15, -0.1) is 0 Å². The maximum Gasteiger partial charge on any atom is 0.128 e. The van der Waals surface area contributed by atoms with Crippen LogP contribution in [0, 0.1) is 0 Å². The molecule has 1 aromatic carbocycles. The Bertz CT molecular complexity index is 1370. The number of aromatic nitrogens is 4. The van der Waals surface area contributed by atoms with Gasteiger partial charge in [-0.3, -0.25) is 15.0 Å². The summed E-state index contributed by atoms with van der Waals surface area (Å²) in [6.45, 7) is 5.43. The maximum absolute atomic E-state index is 9.99. The van der Waals surface area contributed by atoms with Crippen LogP contribution in [0.25, 0.3) is 22.2 Å². The van der Waals surface area contributed by atoms with E-state index >= 15 is 0 Å². The van der Waals surface area contributed by atoms with Gasteiger partial charge in [-0.25, -0.2) is 4.98 Å². The molecule has 0 aliphatic carbocycles. The number of piperazine rings is 1. The zero-order valence-corrected chi connectivity index (χ0v) is 21.2. The third kappa shape index (κ3) is 4.39. The van der Waals surface area contributed by atoms with Gasteiger partial charge in [-0.1, -0.05) is 23.2 Å². The zero-order chi connectivity index (χ0) is 24.8. The summed E-state index contributed by atoms with van der Waals surface area (Å²) in [5.74, 6) is 1.63. The summed E-state index contributed by atoms with van der Waals surface area (Å²) in [4.78, 5) is 13.4. The van der Waals surface area contributed by atoms with Crippen molar-refractivity contribution in [3.05, 3.63) is 64.5 Å². The standard InChI is InChI=1S/C26H26Cl2N6O2/c1-15(25-21(27)11-29-12-22(25)28)36-19-3-4-23-20(9-19)26(32-31-23)16-2-5-24(30-10-16)34-7-6-33-14-18(35)8-17(33)13-34/h2-5,9-12,15,17-18,35H,6-8,13-14H2,1H3,(H,31,32)/t15?,17-,18+/m0/s1. The molecule has 6 rings (SSSR count). The molecule has 36 heavy (non-hydrogen) atoms. The lowest BCUT2D eigenvalue weighted by atomic mass is 10.1. The molecule has 4 aromatic rings. The molecule has 0 spiro atoms. The summed E-state index contributed by atoms with van der Waals surface area (Å²) >= 11 is 12.6. The number of fused-ring (bicyclic) bond motifs is 2. The van der Waals surface area contributed by atoms with Crippen LogP contribution in [0.2, 0.25) is 10.0 Å². The first-order valence-corrected chi connectivity index (χ1v) is 12.8. The minimum atomic E-state index is -0.358. The first kappa shape index (κ1) is 23.5. The van der Waals surface area contributed by atoms with Crippen molar-refractivity contribution in [2.75, 3.05) is 31.1 Å². The van der Waals surface area contributed by atoms with E-state index in [2.05, 4.69) is 31.0 Å². The van der Waals surface area contributed by atoms with Gasteiger partial charge < -0.3 is 14.7 Å². The van der Waals surface area contributed by atoms with Crippen LogP contribution in [0.5, 0.6) is 5.75 Å². The highest BCUT2D eigenvalue weighted by Gasteiger charge is 2.35. The van der Waals surface area contributed by atoms with Gasteiger partial charge in [0.1, 0.15) is 23.4 Å². The third-order valence-electron chi connectivity index (χ3n) is 7.08. The maximum atomic E-state index is 9.99. The number of benzene rings is 1. The van der Waals surface area contributed by atoms with Gasteiger partial charge >= 0.3 is 0 Å². The predicted molar refractivity (Wildman–Crippen MR) is 141 cm³/mol. The van der Waals surface area contributed by atoms with Gasteiger partial charge in [-0.05, 0) is 43.7 Å². The molecule has 0 radical (unpaired) electrons. The van der Waals surface area contributed by atoms with Gasteiger partial charge in [0.05, 0.1) is 21.7 Å². The van der Waals surface area contributed by atoms with E-state index in [-0.39, 0.29) is 12.2 Å². The molecule has 10 heteroatoms. The minimum absolute atomic E-state index is 0.214. The Labute approximate surface area is 218 Å². The number of rotatable bonds is 5. The first-order chi connectivity index (χ1) is 17.5. The van der Waals surface area contributed by atoms with E-state index in [4.69, 9.17) is 32.9 Å². The van der Waals surface area contributed by atoms with Crippen molar-refractivity contribution in [3.8, 4) is 17.0 Å². The molecule has 1 unspecified atom stereocenters. The number of aliphatic hydroxyl groups excluding tert-OH is 1. The molecule has 0 saturated carbocycles. The van der Waals surface area contributed by atoms with Crippen molar-refractivity contribution in [2.24, 2.45) is 0 Å². The number of H-pyrrole nitrogens is 1. The lowest BCUT2D eigenvalue weighted by Gasteiger charge is -2.37. The molecular weight excluding hydrogens is 499 g/mol. The van der Waals surface area contributed by atoms with Crippen LogP contribution in [0.4, 0.5) is 5.82 Å². The molecule has 0 amide bonds. The number of halogens is 2. The first-order valence-electron chi connectivity index (χ1n) is 12.0. The average molecular weight is 525 g/mol. The van der Waals surface area contributed by atoms with E-state index in [0.717, 1.165) is 60.6 Å². The summed E-state index contributed by atoms with van der Waals surface area (Å²) in [6, 6.07) is 10.3. The van der Waals surface area contributed by atoms with Crippen molar-refractivity contribution in [2.45, 2.75) is 31.6 Å². The SMILES string of the molecule is CC(Oc1ccc2[nH]nc(-c3ccc(N4CCN5C[C@H](O)C[C@H]5C4)nc3)c2c1)c1c(Cl)cncc1Cl. The number of ether oxygens (including phenoxy) is 1. The Balaban J connectivity index is 1.22. The van der Waals surface area contributed by atoms with Crippen molar-refractivity contribution in [1.29, 1.82) is 0 Å². The smallest absolute Gasteiger partial charge is 0.128 e. The summed E-state index contributed by atoms with van der Waals surface area (Å²) in [7, 11) is 0. The average Bonchev–Trinajstić information content (AvgIpc) is 3.45.